The maximum absolute atomic E-state index is 10.8. The highest BCUT2D eigenvalue weighted by Gasteiger charge is 2.60. The van der Waals surface area contributed by atoms with Gasteiger partial charge in [-0.3, -0.25) is 10.5 Å². The van der Waals surface area contributed by atoms with Crippen LogP contribution in [-0.4, -0.2) is 50.6 Å². The molecule has 1 aliphatic heterocycles. The van der Waals surface area contributed by atoms with Gasteiger partial charge in [0.2, 0.25) is 17.1 Å². The summed E-state index contributed by atoms with van der Waals surface area (Å²) in [6.07, 6.45) is -0.199. The maximum atomic E-state index is 10.8. The average Bonchev–Trinajstić information content (AvgIpc) is 2.43. The standard InChI is InChI=1S/C7H9NO7/c8-7(6(14,1-9)2-10)4(12)3(11)5(13)15-7/h1,10-12,14H,2,8H2/t6-,7-/m0/s1. The molecule has 1 heterocycles. The molecule has 1 rings (SSSR count). The van der Waals surface area contributed by atoms with Crippen molar-refractivity contribution in [3.05, 3.63) is 11.5 Å². The molecule has 0 aromatic heterocycles. The smallest absolute Gasteiger partial charge is 0.379 e. The third-order valence-electron chi connectivity index (χ3n) is 2.10. The first-order chi connectivity index (χ1) is 6.82. The Morgan fingerprint density at radius 1 is 1.53 bits per heavy atom. The van der Waals surface area contributed by atoms with Crippen LogP contribution in [0.2, 0.25) is 0 Å². The predicted molar refractivity (Wildman–Crippen MR) is 43.4 cm³/mol. The molecule has 84 valence electrons. The second-order valence-corrected chi connectivity index (χ2v) is 3.02. The van der Waals surface area contributed by atoms with E-state index in [4.69, 9.17) is 15.9 Å². The molecular weight excluding hydrogens is 210 g/mol. The number of hydrogen-bond donors (Lipinski definition) is 5. The van der Waals surface area contributed by atoms with Crippen LogP contribution in [0.15, 0.2) is 11.5 Å². The van der Waals surface area contributed by atoms with E-state index in [9.17, 15) is 19.8 Å². The normalized spacial score (nSPS) is 29.9. The summed E-state index contributed by atoms with van der Waals surface area (Å²) in [6, 6.07) is 0. The van der Waals surface area contributed by atoms with Crippen LogP contribution < -0.4 is 5.73 Å². The minimum Gasteiger partial charge on any atom is -0.504 e. The Morgan fingerprint density at radius 3 is 2.33 bits per heavy atom. The van der Waals surface area contributed by atoms with Crippen LogP contribution in [-0.2, 0) is 14.3 Å². The summed E-state index contributed by atoms with van der Waals surface area (Å²) in [6.45, 7) is -1.20. The first-order valence-electron chi connectivity index (χ1n) is 3.77. The Labute approximate surface area is 83.2 Å². The van der Waals surface area contributed by atoms with Crippen molar-refractivity contribution >= 4 is 12.3 Å². The summed E-state index contributed by atoms with van der Waals surface area (Å²) >= 11 is 0. The lowest BCUT2D eigenvalue weighted by Crippen LogP contribution is -2.65. The van der Waals surface area contributed by atoms with Gasteiger partial charge in [-0.2, -0.15) is 0 Å². The Kier molecular flexibility index (Phi) is 2.43. The number of carbonyl (C=O) groups is 2. The minimum absolute atomic E-state index is 0.199. The number of ether oxygens (including phenoxy) is 1. The van der Waals surface area contributed by atoms with Crippen molar-refractivity contribution in [3.8, 4) is 0 Å². The monoisotopic (exact) mass is 219 g/mol. The van der Waals surface area contributed by atoms with Gasteiger partial charge in [-0.15, -0.1) is 0 Å². The van der Waals surface area contributed by atoms with Gasteiger partial charge in [-0.1, -0.05) is 0 Å². The summed E-state index contributed by atoms with van der Waals surface area (Å²) in [5.41, 5.74) is -0.170. The van der Waals surface area contributed by atoms with Crippen LogP contribution in [0.3, 0.4) is 0 Å². The fourth-order valence-electron chi connectivity index (χ4n) is 1.05. The molecule has 2 atom stereocenters. The molecule has 0 amide bonds. The minimum atomic E-state index is -2.72. The fourth-order valence-corrected chi connectivity index (χ4v) is 1.05. The molecule has 0 aromatic carbocycles. The van der Waals surface area contributed by atoms with E-state index in [2.05, 4.69) is 4.74 Å². The number of nitrogens with two attached hydrogens (primary N) is 1. The van der Waals surface area contributed by atoms with Gasteiger partial charge < -0.3 is 25.2 Å². The van der Waals surface area contributed by atoms with Gasteiger partial charge in [-0.05, 0) is 0 Å². The third kappa shape index (κ3) is 1.27. The summed E-state index contributed by atoms with van der Waals surface area (Å²) in [5.74, 6) is -3.83. The lowest BCUT2D eigenvalue weighted by Gasteiger charge is -2.34. The SMILES string of the molecule is N[C@]1([C@](O)(C=O)CO)OC(=O)C(O)=C1O. The number of aliphatic hydroxyl groups is 4. The lowest BCUT2D eigenvalue weighted by molar-refractivity contribution is -0.186. The van der Waals surface area contributed by atoms with Crippen molar-refractivity contribution in [3.63, 3.8) is 0 Å². The highest BCUT2D eigenvalue weighted by Crippen LogP contribution is 2.33. The highest BCUT2D eigenvalue weighted by molar-refractivity contribution is 5.91. The number of hydrogen-bond acceptors (Lipinski definition) is 8. The van der Waals surface area contributed by atoms with E-state index >= 15 is 0 Å². The van der Waals surface area contributed by atoms with E-state index in [1.807, 2.05) is 0 Å². The summed E-state index contributed by atoms with van der Waals surface area (Å²) in [7, 11) is 0. The Balaban J connectivity index is 3.26. The van der Waals surface area contributed by atoms with Crippen LogP contribution in [0.4, 0.5) is 0 Å². The zero-order valence-corrected chi connectivity index (χ0v) is 7.38. The fraction of sp³-hybridized carbons (Fsp3) is 0.429. The van der Waals surface area contributed by atoms with Gasteiger partial charge in [0.25, 0.3) is 5.72 Å². The molecule has 0 aliphatic carbocycles. The molecule has 6 N–H and O–H groups in total. The van der Waals surface area contributed by atoms with Crippen molar-refractivity contribution in [2.45, 2.75) is 11.3 Å². The average molecular weight is 219 g/mol. The van der Waals surface area contributed by atoms with E-state index in [0.717, 1.165) is 0 Å². The van der Waals surface area contributed by atoms with Gasteiger partial charge in [-0.25, -0.2) is 4.79 Å². The van der Waals surface area contributed by atoms with Crippen LogP contribution in [0.5, 0.6) is 0 Å². The molecule has 0 aromatic rings. The molecule has 15 heavy (non-hydrogen) atoms. The first-order valence-corrected chi connectivity index (χ1v) is 3.77. The largest absolute Gasteiger partial charge is 0.504 e. The molecule has 0 unspecified atom stereocenters. The number of carbonyl (C=O) groups excluding carboxylic acids is 2. The van der Waals surface area contributed by atoms with Crippen molar-refractivity contribution in [1.29, 1.82) is 0 Å². The van der Waals surface area contributed by atoms with Gasteiger partial charge in [0, 0.05) is 0 Å². The molecule has 0 spiro atoms. The van der Waals surface area contributed by atoms with Crippen molar-refractivity contribution in [1.82, 2.24) is 0 Å². The van der Waals surface area contributed by atoms with E-state index in [1.165, 1.54) is 0 Å². The van der Waals surface area contributed by atoms with Crippen LogP contribution in [0, 0.1) is 0 Å². The van der Waals surface area contributed by atoms with Crippen LogP contribution >= 0.6 is 0 Å². The van der Waals surface area contributed by atoms with Crippen LogP contribution in [0.1, 0.15) is 0 Å². The molecular formula is C7H9NO7. The van der Waals surface area contributed by atoms with E-state index in [1.54, 1.807) is 0 Å². The van der Waals surface area contributed by atoms with Crippen molar-refractivity contribution in [2.75, 3.05) is 6.61 Å². The molecule has 0 fully saturated rings. The number of rotatable bonds is 3. The van der Waals surface area contributed by atoms with Gasteiger partial charge >= 0.3 is 5.97 Å². The topological polar surface area (TPSA) is 150 Å². The van der Waals surface area contributed by atoms with Crippen molar-refractivity contribution in [2.24, 2.45) is 5.73 Å². The van der Waals surface area contributed by atoms with E-state index in [0.29, 0.717) is 0 Å². The maximum Gasteiger partial charge on any atom is 0.379 e. The van der Waals surface area contributed by atoms with Gasteiger partial charge in [0.1, 0.15) is 0 Å². The summed E-state index contributed by atoms with van der Waals surface area (Å²) in [4.78, 5) is 21.3. The Bertz CT molecular complexity index is 351. The zero-order chi connectivity index (χ0) is 11.9. The number of aldehydes is 1. The third-order valence-corrected chi connectivity index (χ3v) is 2.10. The Morgan fingerprint density at radius 2 is 2.07 bits per heavy atom. The second kappa shape index (κ2) is 3.19. The zero-order valence-electron chi connectivity index (χ0n) is 7.38. The number of esters is 1. The molecule has 0 radical (unpaired) electrons. The lowest BCUT2D eigenvalue weighted by atomic mass is 9.92. The molecule has 1 aliphatic rings. The number of cyclic esters (lactones) is 1. The highest BCUT2D eigenvalue weighted by atomic mass is 16.6. The van der Waals surface area contributed by atoms with Gasteiger partial charge in [0.15, 0.2) is 6.29 Å². The van der Waals surface area contributed by atoms with E-state index < -0.39 is 35.4 Å². The molecule has 0 saturated heterocycles. The predicted octanol–water partition coefficient (Wildman–Crippen LogP) is -2.55. The summed E-state index contributed by atoms with van der Waals surface area (Å²) in [5, 5.41) is 36.3. The van der Waals surface area contributed by atoms with Crippen molar-refractivity contribution < 1.29 is 34.8 Å². The van der Waals surface area contributed by atoms with Gasteiger partial charge in [0.05, 0.1) is 6.61 Å². The quantitative estimate of drug-likeness (QED) is 0.257. The Hall–Kier alpha value is -1.64. The number of aliphatic hydroxyl groups excluding tert-OH is 3. The molecule has 8 nitrogen and oxygen atoms in total. The first kappa shape index (κ1) is 11.4. The van der Waals surface area contributed by atoms with Crippen LogP contribution in [0.25, 0.3) is 0 Å². The summed E-state index contributed by atoms with van der Waals surface area (Å²) < 4.78 is 4.24. The molecule has 8 heteroatoms. The second-order valence-electron chi connectivity index (χ2n) is 3.02. The molecule has 0 bridgehead atoms. The van der Waals surface area contributed by atoms with E-state index in [-0.39, 0.29) is 6.29 Å². The molecule has 0 saturated carbocycles.